The third-order valence-electron chi connectivity index (χ3n) is 7.35. The van der Waals surface area contributed by atoms with Gasteiger partial charge in [0.25, 0.3) is 5.91 Å². The van der Waals surface area contributed by atoms with Crippen LogP contribution in [0.5, 0.6) is 0 Å². The second kappa shape index (κ2) is 9.93. The fourth-order valence-corrected chi connectivity index (χ4v) is 5.48. The molecule has 0 radical (unpaired) electrons. The number of carbonyl (C=O) groups excluding carboxylic acids is 4. The van der Waals surface area contributed by atoms with Crippen molar-refractivity contribution in [1.29, 1.82) is 0 Å². The van der Waals surface area contributed by atoms with Crippen molar-refractivity contribution in [2.24, 2.45) is 11.8 Å². The maximum atomic E-state index is 13.0. The maximum absolute atomic E-state index is 13.0. The van der Waals surface area contributed by atoms with Crippen LogP contribution >= 0.6 is 0 Å². The molecule has 8 heteroatoms. The fraction of sp³-hybridized carbons (Fsp3) is 0.600. The molecule has 0 spiro atoms. The first kappa shape index (κ1) is 23.3. The van der Waals surface area contributed by atoms with Crippen molar-refractivity contribution in [2.75, 3.05) is 25.4 Å². The van der Waals surface area contributed by atoms with Gasteiger partial charge in [-0.2, -0.15) is 0 Å². The van der Waals surface area contributed by atoms with E-state index < -0.39 is 6.04 Å². The number of nitrogens with one attached hydrogen (secondary N) is 1. The SMILES string of the molecule is CC(CCNC(=O)c1ccc(N)cc1)CC(=O)N1CCC2C1C(=O)CN2C(=O)C1CCCC1. The highest BCUT2D eigenvalue weighted by atomic mass is 16.2. The monoisotopic (exact) mass is 454 g/mol. The summed E-state index contributed by atoms with van der Waals surface area (Å²) in [6.45, 7) is 3.11. The number of Topliss-reactive ketones (excluding diaryl/α,β-unsaturated/α-hetero) is 1. The van der Waals surface area contributed by atoms with E-state index in [4.69, 9.17) is 5.73 Å². The van der Waals surface area contributed by atoms with Crippen molar-refractivity contribution in [3.05, 3.63) is 29.8 Å². The second-order valence-corrected chi connectivity index (χ2v) is 9.78. The van der Waals surface area contributed by atoms with Crippen molar-refractivity contribution in [1.82, 2.24) is 15.1 Å². The van der Waals surface area contributed by atoms with Crippen LogP contribution in [0.2, 0.25) is 0 Å². The minimum absolute atomic E-state index is 0.0133. The Morgan fingerprint density at radius 3 is 2.48 bits per heavy atom. The zero-order valence-corrected chi connectivity index (χ0v) is 19.3. The van der Waals surface area contributed by atoms with Gasteiger partial charge in [-0.25, -0.2) is 0 Å². The van der Waals surface area contributed by atoms with E-state index in [0.717, 1.165) is 25.7 Å². The summed E-state index contributed by atoms with van der Waals surface area (Å²) in [6.07, 6.45) is 5.64. The Hall–Kier alpha value is -2.90. The van der Waals surface area contributed by atoms with Gasteiger partial charge in [-0.3, -0.25) is 19.2 Å². The Bertz CT molecular complexity index is 909. The largest absolute Gasteiger partial charge is 0.399 e. The number of fused-ring (bicyclic) bond motifs is 1. The second-order valence-electron chi connectivity index (χ2n) is 9.78. The van der Waals surface area contributed by atoms with E-state index in [2.05, 4.69) is 5.32 Å². The van der Waals surface area contributed by atoms with Gasteiger partial charge in [0.15, 0.2) is 5.78 Å². The molecule has 2 heterocycles. The molecule has 33 heavy (non-hydrogen) atoms. The quantitative estimate of drug-likeness (QED) is 0.612. The molecule has 3 atom stereocenters. The standard InChI is InChI=1S/C25H34N4O4/c1-16(10-12-27-24(32)17-6-8-19(26)9-7-17)14-22(31)28-13-11-20-23(28)21(30)15-29(20)25(33)18-4-2-3-5-18/h6-9,16,18,20,23H,2-5,10-15,26H2,1H3,(H,27,32). The zero-order valence-electron chi connectivity index (χ0n) is 19.3. The molecule has 3 aliphatic rings. The molecule has 1 saturated carbocycles. The van der Waals surface area contributed by atoms with Gasteiger partial charge >= 0.3 is 0 Å². The first-order valence-electron chi connectivity index (χ1n) is 12.1. The Balaban J connectivity index is 1.25. The van der Waals surface area contributed by atoms with Gasteiger partial charge in [0.1, 0.15) is 6.04 Å². The number of hydrogen-bond donors (Lipinski definition) is 2. The van der Waals surface area contributed by atoms with Crippen LogP contribution < -0.4 is 11.1 Å². The van der Waals surface area contributed by atoms with Crippen LogP contribution in [-0.2, 0) is 14.4 Å². The lowest BCUT2D eigenvalue weighted by atomic mass is 10.0. The molecule has 3 unspecified atom stereocenters. The van der Waals surface area contributed by atoms with Gasteiger partial charge in [-0.05, 0) is 55.9 Å². The van der Waals surface area contributed by atoms with Gasteiger partial charge in [0.2, 0.25) is 11.8 Å². The van der Waals surface area contributed by atoms with E-state index >= 15 is 0 Å². The van der Waals surface area contributed by atoms with Crippen LogP contribution in [-0.4, -0.2) is 65.0 Å². The highest BCUT2D eigenvalue weighted by molar-refractivity contribution is 5.98. The molecular formula is C25H34N4O4. The molecule has 3 fully saturated rings. The first-order chi connectivity index (χ1) is 15.8. The molecule has 0 bridgehead atoms. The summed E-state index contributed by atoms with van der Waals surface area (Å²) < 4.78 is 0. The first-order valence-corrected chi connectivity index (χ1v) is 12.1. The summed E-state index contributed by atoms with van der Waals surface area (Å²) in [5.41, 5.74) is 6.80. The molecular weight excluding hydrogens is 420 g/mol. The van der Waals surface area contributed by atoms with Crippen LogP contribution in [0, 0.1) is 11.8 Å². The predicted octanol–water partition coefficient (Wildman–Crippen LogP) is 1.99. The molecule has 2 saturated heterocycles. The molecule has 178 valence electrons. The number of hydrogen-bond acceptors (Lipinski definition) is 5. The van der Waals surface area contributed by atoms with Crippen LogP contribution in [0.1, 0.15) is 62.2 Å². The normalized spacial score (nSPS) is 23.6. The predicted molar refractivity (Wildman–Crippen MR) is 124 cm³/mol. The minimum atomic E-state index is -0.486. The Morgan fingerprint density at radius 1 is 1.09 bits per heavy atom. The molecule has 0 aromatic heterocycles. The number of nitrogen functional groups attached to an aromatic ring is 1. The van der Waals surface area contributed by atoms with Crippen molar-refractivity contribution >= 4 is 29.2 Å². The fourth-order valence-electron chi connectivity index (χ4n) is 5.48. The molecule has 4 rings (SSSR count). The number of carbonyl (C=O) groups is 4. The highest BCUT2D eigenvalue weighted by Crippen LogP contribution is 2.34. The summed E-state index contributed by atoms with van der Waals surface area (Å²) in [7, 11) is 0. The van der Waals surface area contributed by atoms with Gasteiger partial charge in [0, 0.05) is 36.7 Å². The van der Waals surface area contributed by atoms with Crippen molar-refractivity contribution in [2.45, 2.75) is 64.0 Å². The average Bonchev–Trinajstić information content (AvgIpc) is 3.52. The van der Waals surface area contributed by atoms with Crippen LogP contribution in [0.4, 0.5) is 5.69 Å². The van der Waals surface area contributed by atoms with Crippen LogP contribution in [0.25, 0.3) is 0 Å². The lowest BCUT2D eigenvalue weighted by Crippen LogP contribution is -2.44. The highest BCUT2D eigenvalue weighted by Gasteiger charge is 2.52. The van der Waals surface area contributed by atoms with E-state index in [9.17, 15) is 19.2 Å². The van der Waals surface area contributed by atoms with E-state index in [1.54, 1.807) is 34.1 Å². The molecule has 1 aromatic carbocycles. The summed E-state index contributed by atoms with van der Waals surface area (Å²) >= 11 is 0. The van der Waals surface area contributed by atoms with Crippen LogP contribution in [0.15, 0.2) is 24.3 Å². The number of benzene rings is 1. The topological polar surface area (TPSA) is 113 Å². The van der Waals surface area contributed by atoms with Gasteiger partial charge in [0.05, 0.1) is 12.6 Å². The number of rotatable bonds is 7. The van der Waals surface area contributed by atoms with Crippen molar-refractivity contribution in [3.8, 4) is 0 Å². The van der Waals surface area contributed by atoms with Crippen molar-refractivity contribution < 1.29 is 19.2 Å². The molecule has 3 N–H and O–H groups in total. The summed E-state index contributed by atoms with van der Waals surface area (Å²) in [5, 5.41) is 2.88. The lowest BCUT2D eigenvalue weighted by molar-refractivity contribution is -0.137. The minimum Gasteiger partial charge on any atom is -0.399 e. The smallest absolute Gasteiger partial charge is 0.251 e. The maximum Gasteiger partial charge on any atom is 0.251 e. The molecule has 1 aliphatic carbocycles. The van der Waals surface area contributed by atoms with E-state index in [1.807, 2.05) is 6.92 Å². The van der Waals surface area contributed by atoms with E-state index in [1.165, 1.54) is 0 Å². The number of amides is 3. The van der Waals surface area contributed by atoms with Crippen molar-refractivity contribution in [3.63, 3.8) is 0 Å². The Labute approximate surface area is 194 Å². The third-order valence-corrected chi connectivity index (χ3v) is 7.35. The molecule has 8 nitrogen and oxygen atoms in total. The average molecular weight is 455 g/mol. The number of ketones is 1. The number of anilines is 1. The number of likely N-dealkylation sites (tertiary alicyclic amines) is 2. The number of nitrogens with zero attached hydrogens (tertiary/aromatic N) is 2. The Morgan fingerprint density at radius 2 is 1.79 bits per heavy atom. The van der Waals surface area contributed by atoms with E-state index in [0.29, 0.717) is 43.6 Å². The van der Waals surface area contributed by atoms with Crippen LogP contribution in [0.3, 0.4) is 0 Å². The van der Waals surface area contributed by atoms with Gasteiger partial charge in [-0.15, -0.1) is 0 Å². The zero-order chi connectivity index (χ0) is 23.5. The summed E-state index contributed by atoms with van der Waals surface area (Å²) in [5.74, 6) is -0.00268. The van der Waals surface area contributed by atoms with E-state index in [-0.39, 0.29) is 47.9 Å². The van der Waals surface area contributed by atoms with Gasteiger partial charge < -0.3 is 20.9 Å². The van der Waals surface area contributed by atoms with Gasteiger partial charge in [-0.1, -0.05) is 19.8 Å². The molecule has 2 aliphatic heterocycles. The third kappa shape index (κ3) is 5.04. The summed E-state index contributed by atoms with van der Waals surface area (Å²) in [6, 6.07) is 6.09. The summed E-state index contributed by atoms with van der Waals surface area (Å²) in [4.78, 5) is 54.3. The lowest BCUT2D eigenvalue weighted by Gasteiger charge is -2.26. The molecule has 1 aromatic rings. The number of nitrogens with two attached hydrogens (primary N) is 1. The molecule has 3 amide bonds. The Kier molecular flexibility index (Phi) is 7.00.